The predicted molar refractivity (Wildman–Crippen MR) is 111 cm³/mol. The number of rotatable bonds is 10. The highest BCUT2D eigenvalue weighted by Crippen LogP contribution is 2.29. The van der Waals surface area contributed by atoms with Crippen LogP contribution in [-0.2, 0) is 16.0 Å². The minimum atomic E-state index is -0.529. The molecule has 6 nitrogen and oxygen atoms in total. The zero-order valence-corrected chi connectivity index (χ0v) is 17.5. The van der Waals surface area contributed by atoms with Crippen LogP contribution in [0.5, 0.6) is 0 Å². The Kier molecular flexibility index (Phi) is 9.28. The number of aliphatic hydroxyl groups excluding tert-OH is 1. The molecule has 1 heterocycles. The summed E-state index contributed by atoms with van der Waals surface area (Å²) >= 11 is 1.57. The summed E-state index contributed by atoms with van der Waals surface area (Å²) < 4.78 is 0. The molecule has 1 saturated heterocycles. The van der Waals surface area contributed by atoms with Gasteiger partial charge in [0.15, 0.2) is 0 Å². The molecule has 0 saturated carbocycles. The van der Waals surface area contributed by atoms with Gasteiger partial charge in [0.05, 0.1) is 12.6 Å². The first kappa shape index (κ1) is 22.7. The lowest BCUT2D eigenvalue weighted by Crippen LogP contribution is -2.44. The Morgan fingerprint density at radius 2 is 2.00 bits per heavy atom. The van der Waals surface area contributed by atoms with Crippen LogP contribution in [0.15, 0.2) is 30.3 Å². The Bertz CT molecular complexity index is 620. The van der Waals surface area contributed by atoms with Crippen molar-refractivity contribution in [3.63, 3.8) is 0 Å². The Morgan fingerprint density at radius 3 is 2.57 bits per heavy atom. The van der Waals surface area contributed by atoms with Crippen LogP contribution in [0, 0.1) is 11.8 Å². The number of carbonyl (C=O) groups excluding carboxylic acids is 2. The monoisotopic (exact) mass is 408 g/mol. The van der Waals surface area contributed by atoms with Gasteiger partial charge in [-0.2, -0.15) is 0 Å². The molecular formula is C21H32N2O4S. The summed E-state index contributed by atoms with van der Waals surface area (Å²) in [6.45, 7) is 3.83. The molecule has 0 bridgehead atoms. The molecule has 0 aromatic heterocycles. The van der Waals surface area contributed by atoms with E-state index in [1.807, 2.05) is 44.2 Å². The second kappa shape index (κ2) is 11.4. The molecule has 28 heavy (non-hydrogen) atoms. The van der Waals surface area contributed by atoms with Gasteiger partial charge in [-0.3, -0.25) is 14.8 Å². The topological polar surface area (TPSA) is 89.9 Å². The first-order valence-corrected chi connectivity index (χ1v) is 11.0. The van der Waals surface area contributed by atoms with Gasteiger partial charge in [0.1, 0.15) is 5.37 Å². The first-order chi connectivity index (χ1) is 13.4. The van der Waals surface area contributed by atoms with Crippen molar-refractivity contribution in [2.24, 2.45) is 11.8 Å². The number of nitrogens with zero attached hydrogens (tertiary/aromatic N) is 1. The number of amides is 2. The number of hydrogen-bond acceptors (Lipinski definition) is 5. The Labute approximate surface area is 171 Å². The van der Waals surface area contributed by atoms with Crippen LogP contribution in [0.25, 0.3) is 0 Å². The van der Waals surface area contributed by atoms with E-state index in [0.717, 1.165) is 29.2 Å². The van der Waals surface area contributed by atoms with Crippen LogP contribution < -0.4 is 5.32 Å². The molecule has 1 aliphatic heterocycles. The smallest absolute Gasteiger partial charge is 0.247 e. The van der Waals surface area contributed by atoms with E-state index in [9.17, 15) is 19.9 Å². The fourth-order valence-corrected chi connectivity index (χ4v) is 4.65. The standard InChI is InChI=1S/C21H32N2O4S/c1-15(2)11-17(13-19(25)23(27)20-9-6-10-28-20)21(26)22-18(14-24)12-16-7-4-3-5-8-16/h3-5,7-8,15,17-18,20,24,27H,6,9-14H2,1-2H3,(H,22,26)/t17-,18+,20+/m1/s1. The Morgan fingerprint density at radius 1 is 1.29 bits per heavy atom. The molecule has 2 amide bonds. The van der Waals surface area contributed by atoms with Crippen molar-refractivity contribution in [2.75, 3.05) is 12.4 Å². The van der Waals surface area contributed by atoms with E-state index in [1.54, 1.807) is 11.8 Å². The van der Waals surface area contributed by atoms with E-state index in [0.29, 0.717) is 12.8 Å². The van der Waals surface area contributed by atoms with E-state index in [-0.39, 0.29) is 30.2 Å². The molecule has 3 N–H and O–H groups in total. The average Bonchev–Trinajstić information content (AvgIpc) is 3.21. The Hall–Kier alpha value is -1.57. The molecule has 1 aliphatic rings. The molecule has 1 aromatic rings. The summed E-state index contributed by atoms with van der Waals surface area (Å²) in [7, 11) is 0. The maximum Gasteiger partial charge on any atom is 0.247 e. The number of aliphatic hydroxyl groups is 1. The van der Waals surface area contributed by atoms with E-state index in [1.165, 1.54) is 0 Å². The van der Waals surface area contributed by atoms with Gasteiger partial charge >= 0.3 is 0 Å². The normalized spacial score (nSPS) is 18.7. The van der Waals surface area contributed by atoms with Gasteiger partial charge in [0.2, 0.25) is 11.8 Å². The van der Waals surface area contributed by atoms with Gasteiger partial charge in [-0.05, 0) is 42.9 Å². The SMILES string of the molecule is CC(C)C[C@H](CC(=O)N(O)[C@@H]1CCCS1)C(=O)N[C@H](CO)Cc1ccccc1. The predicted octanol–water partition coefficient (Wildman–Crippen LogP) is 2.83. The molecule has 1 aromatic carbocycles. The van der Waals surface area contributed by atoms with Gasteiger partial charge in [-0.15, -0.1) is 11.8 Å². The minimum Gasteiger partial charge on any atom is -0.394 e. The second-order valence-corrected chi connectivity index (χ2v) is 9.10. The molecule has 156 valence electrons. The summed E-state index contributed by atoms with van der Waals surface area (Å²) in [6.07, 6.45) is 2.80. The van der Waals surface area contributed by atoms with Crippen LogP contribution in [-0.4, -0.2) is 51.0 Å². The Balaban J connectivity index is 1.97. The van der Waals surface area contributed by atoms with Crippen LogP contribution in [0.2, 0.25) is 0 Å². The van der Waals surface area contributed by atoms with Gasteiger partial charge in [0.25, 0.3) is 0 Å². The highest BCUT2D eigenvalue weighted by Gasteiger charge is 2.31. The van der Waals surface area contributed by atoms with Crippen molar-refractivity contribution in [3.8, 4) is 0 Å². The molecule has 7 heteroatoms. The third-order valence-corrected chi connectivity index (χ3v) is 6.22. The van der Waals surface area contributed by atoms with Crippen LogP contribution in [0.3, 0.4) is 0 Å². The number of thioether (sulfide) groups is 1. The highest BCUT2D eigenvalue weighted by atomic mass is 32.2. The lowest BCUT2D eigenvalue weighted by atomic mass is 9.92. The third-order valence-electron chi connectivity index (χ3n) is 4.87. The van der Waals surface area contributed by atoms with Crippen molar-refractivity contribution in [3.05, 3.63) is 35.9 Å². The van der Waals surface area contributed by atoms with Gasteiger partial charge in [-0.1, -0.05) is 44.2 Å². The largest absolute Gasteiger partial charge is 0.394 e. The van der Waals surface area contributed by atoms with Gasteiger partial charge < -0.3 is 10.4 Å². The lowest BCUT2D eigenvalue weighted by Gasteiger charge is -2.26. The molecule has 0 spiro atoms. The van der Waals surface area contributed by atoms with E-state index < -0.39 is 17.9 Å². The zero-order valence-electron chi connectivity index (χ0n) is 16.7. The summed E-state index contributed by atoms with van der Waals surface area (Å²) in [4.78, 5) is 25.3. The van der Waals surface area contributed by atoms with E-state index >= 15 is 0 Å². The average molecular weight is 409 g/mol. The van der Waals surface area contributed by atoms with Crippen molar-refractivity contribution < 1.29 is 19.9 Å². The lowest BCUT2D eigenvalue weighted by molar-refractivity contribution is -0.170. The van der Waals surface area contributed by atoms with Crippen molar-refractivity contribution in [2.45, 2.75) is 57.4 Å². The molecular weight excluding hydrogens is 376 g/mol. The summed E-state index contributed by atoms with van der Waals surface area (Å²) in [5.41, 5.74) is 1.03. The van der Waals surface area contributed by atoms with E-state index in [4.69, 9.17) is 0 Å². The molecule has 3 atom stereocenters. The fraction of sp³-hybridized carbons (Fsp3) is 0.619. The van der Waals surface area contributed by atoms with Crippen molar-refractivity contribution in [1.82, 2.24) is 10.4 Å². The summed E-state index contributed by atoms with van der Waals surface area (Å²) in [5.74, 6) is -0.0206. The third kappa shape index (κ3) is 7.11. The quantitative estimate of drug-likeness (QED) is 0.409. The number of carbonyl (C=O) groups is 2. The molecule has 0 radical (unpaired) electrons. The number of benzene rings is 1. The second-order valence-electron chi connectivity index (χ2n) is 7.81. The molecule has 2 rings (SSSR count). The zero-order chi connectivity index (χ0) is 20.5. The van der Waals surface area contributed by atoms with E-state index in [2.05, 4.69) is 5.32 Å². The maximum atomic E-state index is 12.8. The number of hydrogen-bond donors (Lipinski definition) is 3. The van der Waals surface area contributed by atoms with Crippen molar-refractivity contribution in [1.29, 1.82) is 0 Å². The number of hydroxylamine groups is 2. The van der Waals surface area contributed by atoms with Gasteiger partial charge in [0, 0.05) is 12.3 Å². The minimum absolute atomic E-state index is 0.0267. The summed E-state index contributed by atoms with van der Waals surface area (Å²) in [5, 5.41) is 23.4. The van der Waals surface area contributed by atoms with Crippen LogP contribution in [0.4, 0.5) is 0 Å². The highest BCUT2D eigenvalue weighted by molar-refractivity contribution is 8.00. The fourth-order valence-electron chi connectivity index (χ4n) is 3.45. The summed E-state index contributed by atoms with van der Waals surface area (Å²) in [6, 6.07) is 9.25. The van der Waals surface area contributed by atoms with Gasteiger partial charge in [-0.25, -0.2) is 5.06 Å². The van der Waals surface area contributed by atoms with Crippen LogP contribution in [0.1, 0.15) is 45.1 Å². The molecule has 0 aliphatic carbocycles. The molecule has 1 fully saturated rings. The first-order valence-electron chi connectivity index (χ1n) is 9.98. The maximum absolute atomic E-state index is 12.8. The van der Waals surface area contributed by atoms with Crippen LogP contribution >= 0.6 is 11.8 Å². The molecule has 0 unspecified atom stereocenters. The van der Waals surface area contributed by atoms with Crippen molar-refractivity contribution >= 4 is 23.6 Å². The number of nitrogens with one attached hydrogen (secondary N) is 1.